The fourth-order valence-corrected chi connectivity index (χ4v) is 4.41. The van der Waals surface area contributed by atoms with Gasteiger partial charge in [-0.1, -0.05) is 18.2 Å². The molecule has 0 unspecified atom stereocenters. The first-order valence-electron chi connectivity index (χ1n) is 16.0. The van der Waals surface area contributed by atoms with Crippen molar-refractivity contribution in [3.8, 4) is 34.5 Å². The van der Waals surface area contributed by atoms with E-state index in [4.69, 9.17) is 23.7 Å². The number of nitrogens with zero attached hydrogens (tertiary/aromatic N) is 1. The number of rotatable bonds is 20. The second kappa shape index (κ2) is 20.4. The van der Waals surface area contributed by atoms with E-state index in [-0.39, 0.29) is 95.0 Å². The summed E-state index contributed by atoms with van der Waals surface area (Å²) in [4.78, 5) is 62.8. The molecule has 280 valence electrons. The molecule has 0 radical (unpaired) electrons. The van der Waals surface area contributed by atoms with Gasteiger partial charge < -0.3 is 54.3 Å². The Bertz CT molecular complexity index is 1620. The van der Waals surface area contributed by atoms with Gasteiger partial charge in [0.1, 0.15) is 36.5 Å². The number of aromatic hydroxyl groups is 6. The molecule has 0 atom stereocenters. The zero-order valence-corrected chi connectivity index (χ0v) is 27.9. The van der Waals surface area contributed by atoms with Gasteiger partial charge in [0.2, 0.25) is 0 Å². The van der Waals surface area contributed by atoms with Gasteiger partial charge >= 0.3 is 29.8 Å². The highest BCUT2D eigenvalue weighted by Crippen LogP contribution is 2.30. The molecule has 0 spiro atoms. The molecule has 3 rings (SSSR count). The zero-order chi connectivity index (χ0) is 38.0. The van der Waals surface area contributed by atoms with Crippen LogP contribution in [-0.4, -0.2) is 118 Å². The summed E-state index contributed by atoms with van der Waals surface area (Å²) >= 11 is 0. The van der Waals surface area contributed by atoms with Crippen LogP contribution in [0.1, 0.15) is 56.8 Å². The molecule has 0 aliphatic rings. The van der Waals surface area contributed by atoms with Crippen LogP contribution in [0, 0.1) is 0 Å². The van der Waals surface area contributed by atoms with Crippen LogP contribution in [0.4, 0.5) is 0 Å². The normalized spacial score (nSPS) is 10.7. The quantitative estimate of drug-likeness (QED) is 0.0423. The lowest BCUT2D eigenvalue weighted by atomic mass is 10.2. The third-order valence-electron chi connectivity index (χ3n) is 7.20. The average Bonchev–Trinajstić information content (AvgIpc) is 3.11. The minimum Gasteiger partial charge on any atom is -0.504 e. The Morgan fingerprint density at radius 2 is 0.750 bits per heavy atom. The summed E-state index contributed by atoms with van der Waals surface area (Å²) < 4.78 is 25.7. The maximum absolute atomic E-state index is 12.4. The summed E-state index contributed by atoms with van der Waals surface area (Å²) in [5.41, 5.74) is -0.707. The Balaban J connectivity index is 1.41. The maximum atomic E-state index is 12.4. The van der Waals surface area contributed by atoms with Gasteiger partial charge in [-0.3, -0.25) is 14.5 Å². The zero-order valence-electron chi connectivity index (χ0n) is 27.9. The van der Waals surface area contributed by atoms with Gasteiger partial charge in [-0.05, 0) is 49.2 Å². The van der Waals surface area contributed by atoms with E-state index in [9.17, 15) is 54.6 Å². The molecule has 0 aromatic heterocycles. The standard InChI is InChI=1S/C35H39NO16/c37-25-9-1-6-22(30(25)42)33(45)50-17-4-12-28(40)48-19-14-36(16-21-52-35(47)24-8-3-11-27(39)32(24)44)15-20-49-29(41)13-5-18-51-34(46)23-7-2-10-26(38)31(23)43/h1-3,6-11,37-39,42-44H,4-5,12-21H2. The summed E-state index contributed by atoms with van der Waals surface area (Å²) in [5, 5.41) is 58.1. The summed E-state index contributed by atoms with van der Waals surface area (Å²) in [5.74, 6) is -7.20. The number of ether oxygens (including phenoxy) is 5. The van der Waals surface area contributed by atoms with Crippen LogP contribution >= 0.6 is 0 Å². The van der Waals surface area contributed by atoms with E-state index in [1.807, 2.05) is 0 Å². The molecule has 3 aromatic carbocycles. The topological polar surface area (TPSA) is 256 Å². The van der Waals surface area contributed by atoms with Crippen molar-refractivity contribution in [2.75, 3.05) is 52.7 Å². The fraction of sp³-hybridized carbons (Fsp3) is 0.343. The van der Waals surface area contributed by atoms with Crippen LogP contribution in [0.25, 0.3) is 0 Å². The van der Waals surface area contributed by atoms with Crippen LogP contribution in [0.15, 0.2) is 54.6 Å². The molecule has 3 aromatic rings. The number of hydrogen-bond acceptors (Lipinski definition) is 17. The molecule has 0 fully saturated rings. The van der Waals surface area contributed by atoms with Crippen LogP contribution in [-0.2, 0) is 33.3 Å². The first kappa shape index (κ1) is 40.2. The number of para-hydroxylation sites is 3. The highest BCUT2D eigenvalue weighted by atomic mass is 16.6. The lowest BCUT2D eigenvalue weighted by Crippen LogP contribution is -2.35. The molecular formula is C35H39NO16. The summed E-state index contributed by atoms with van der Waals surface area (Å²) in [6.45, 7) is -0.374. The van der Waals surface area contributed by atoms with E-state index in [1.54, 1.807) is 4.90 Å². The third kappa shape index (κ3) is 12.6. The van der Waals surface area contributed by atoms with Crippen molar-refractivity contribution in [2.45, 2.75) is 25.7 Å². The van der Waals surface area contributed by atoms with E-state index >= 15 is 0 Å². The molecule has 6 N–H and O–H groups in total. The lowest BCUT2D eigenvalue weighted by Gasteiger charge is -2.22. The van der Waals surface area contributed by atoms with Crippen LogP contribution < -0.4 is 0 Å². The van der Waals surface area contributed by atoms with Crippen LogP contribution in [0.3, 0.4) is 0 Å². The highest BCUT2D eigenvalue weighted by Gasteiger charge is 2.19. The average molecular weight is 730 g/mol. The molecule has 0 heterocycles. The van der Waals surface area contributed by atoms with Crippen molar-refractivity contribution in [2.24, 2.45) is 0 Å². The van der Waals surface area contributed by atoms with Crippen molar-refractivity contribution in [3.63, 3.8) is 0 Å². The Kier molecular flexibility index (Phi) is 15.8. The number of phenols is 6. The number of benzene rings is 3. The van der Waals surface area contributed by atoms with Crippen LogP contribution in [0.2, 0.25) is 0 Å². The summed E-state index contributed by atoms with van der Waals surface area (Å²) in [7, 11) is 0. The van der Waals surface area contributed by atoms with E-state index in [0.29, 0.717) is 0 Å². The van der Waals surface area contributed by atoms with Crippen molar-refractivity contribution in [1.29, 1.82) is 0 Å². The minimum atomic E-state index is -0.897. The van der Waals surface area contributed by atoms with Gasteiger partial charge in [0, 0.05) is 32.5 Å². The Morgan fingerprint density at radius 3 is 1.10 bits per heavy atom. The smallest absolute Gasteiger partial charge is 0.342 e. The first-order chi connectivity index (χ1) is 24.9. The molecular weight excluding hydrogens is 690 g/mol. The van der Waals surface area contributed by atoms with Gasteiger partial charge in [-0.25, -0.2) is 14.4 Å². The van der Waals surface area contributed by atoms with E-state index in [1.165, 1.54) is 54.6 Å². The second-order valence-corrected chi connectivity index (χ2v) is 10.9. The third-order valence-corrected chi connectivity index (χ3v) is 7.20. The molecule has 0 aliphatic carbocycles. The molecule has 17 heteroatoms. The van der Waals surface area contributed by atoms with Crippen LogP contribution in [0.5, 0.6) is 34.5 Å². The van der Waals surface area contributed by atoms with E-state index in [0.717, 1.165) is 0 Å². The number of hydrogen-bond donors (Lipinski definition) is 6. The van der Waals surface area contributed by atoms with Gasteiger partial charge in [0.25, 0.3) is 0 Å². The van der Waals surface area contributed by atoms with Gasteiger partial charge in [0.15, 0.2) is 34.5 Å². The van der Waals surface area contributed by atoms with Gasteiger partial charge in [-0.2, -0.15) is 0 Å². The lowest BCUT2D eigenvalue weighted by molar-refractivity contribution is -0.144. The number of carbonyl (C=O) groups excluding carboxylic acids is 5. The molecule has 0 saturated carbocycles. The number of esters is 5. The Morgan fingerprint density at radius 1 is 0.442 bits per heavy atom. The SMILES string of the molecule is O=C(CCCOC(=O)c1cccc(O)c1O)OCCN(CCOC(=O)CCCOC(=O)c1cccc(O)c1O)CCOC(=O)c1cccc(O)c1O. The molecule has 17 nitrogen and oxygen atoms in total. The first-order valence-corrected chi connectivity index (χ1v) is 16.0. The Hall–Kier alpha value is -6.23. The predicted octanol–water partition coefficient (Wildman–Crippen LogP) is 2.74. The molecule has 0 aliphatic heterocycles. The summed E-state index contributed by atoms with van der Waals surface area (Å²) in [6, 6.07) is 11.5. The van der Waals surface area contributed by atoms with Crippen molar-refractivity contribution in [1.82, 2.24) is 4.90 Å². The Labute approximate surface area is 297 Å². The molecule has 0 amide bonds. The molecule has 0 saturated heterocycles. The number of carbonyl (C=O) groups is 5. The predicted molar refractivity (Wildman–Crippen MR) is 177 cm³/mol. The maximum Gasteiger partial charge on any atom is 0.342 e. The molecule has 0 bridgehead atoms. The highest BCUT2D eigenvalue weighted by molar-refractivity contribution is 5.94. The van der Waals surface area contributed by atoms with Crippen molar-refractivity contribution >= 4 is 29.8 Å². The van der Waals surface area contributed by atoms with Crippen molar-refractivity contribution in [3.05, 3.63) is 71.3 Å². The van der Waals surface area contributed by atoms with Gasteiger partial charge in [-0.15, -0.1) is 0 Å². The number of phenolic OH excluding ortho intramolecular Hbond substituents is 6. The van der Waals surface area contributed by atoms with E-state index < -0.39 is 64.3 Å². The second-order valence-electron chi connectivity index (χ2n) is 10.9. The minimum absolute atomic E-state index is 0.0933. The molecule has 52 heavy (non-hydrogen) atoms. The summed E-state index contributed by atoms with van der Waals surface area (Å²) in [6.07, 6.45) is 0.0107. The van der Waals surface area contributed by atoms with Crippen molar-refractivity contribution < 1.29 is 78.3 Å². The largest absolute Gasteiger partial charge is 0.504 e. The monoisotopic (exact) mass is 729 g/mol. The van der Waals surface area contributed by atoms with E-state index in [2.05, 4.69) is 0 Å². The fourth-order valence-electron chi connectivity index (χ4n) is 4.41. The van der Waals surface area contributed by atoms with Gasteiger partial charge in [0.05, 0.1) is 13.2 Å².